The molecular formula is C24H23F3N8O. The van der Waals surface area contributed by atoms with Gasteiger partial charge in [-0.1, -0.05) is 0 Å². The number of fused-ring (bicyclic) bond motifs is 1. The second-order valence-electron chi connectivity index (χ2n) is 8.78. The van der Waals surface area contributed by atoms with Crippen molar-refractivity contribution in [1.29, 1.82) is 0 Å². The highest BCUT2D eigenvalue weighted by atomic mass is 19.4. The third-order valence-electron chi connectivity index (χ3n) is 6.15. The van der Waals surface area contributed by atoms with Gasteiger partial charge in [-0.25, -0.2) is 9.97 Å². The van der Waals surface area contributed by atoms with Crippen LogP contribution in [-0.2, 0) is 26.3 Å². The van der Waals surface area contributed by atoms with Crippen molar-refractivity contribution >= 4 is 17.5 Å². The molecule has 5 heterocycles. The van der Waals surface area contributed by atoms with Gasteiger partial charge in [0.2, 0.25) is 0 Å². The van der Waals surface area contributed by atoms with Gasteiger partial charge in [-0.3, -0.25) is 14.5 Å². The number of halogens is 3. The predicted molar refractivity (Wildman–Crippen MR) is 125 cm³/mol. The van der Waals surface area contributed by atoms with Crippen LogP contribution in [-0.4, -0.2) is 46.1 Å². The fourth-order valence-electron chi connectivity index (χ4n) is 4.22. The molecule has 186 valence electrons. The predicted octanol–water partition coefficient (Wildman–Crippen LogP) is 4.19. The number of rotatable bonds is 5. The Morgan fingerprint density at radius 1 is 1.17 bits per heavy atom. The molecular weight excluding hydrogens is 473 g/mol. The molecule has 1 aliphatic heterocycles. The second-order valence-corrected chi connectivity index (χ2v) is 8.78. The van der Waals surface area contributed by atoms with Crippen molar-refractivity contribution < 1.29 is 18.0 Å². The number of carbonyl (C=O) groups excluding carboxylic acids is 1. The second kappa shape index (κ2) is 8.77. The van der Waals surface area contributed by atoms with E-state index in [1.807, 2.05) is 39.2 Å². The Hall–Kier alpha value is -4.22. The summed E-state index contributed by atoms with van der Waals surface area (Å²) in [6, 6.07) is 5.90. The zero-order valence-corrected chi connectivity index (χ0v) is 19.8. The topological polar surface area (TPSA) is 93.8 Å². The zero-order chi connectivity index (χ0) is 25.6. The van der Waals surface area contributed by atoms with E-state index in [0.717, 1.165) is 29.2 Å². The molecule has 4 aromatic rings. The van der Waals surface area contributed by atoms with Gasteiger partial charge in [0.1, 0.15) is 17.3 Å². The average molecular weight is 496 g/mol. The average Bonchev–Trinajstić information content (AvgIpc) is 3.43. The van der Waals surface area contributed by atoms with E-state index in [2.05, 4.69) is 25.4 Å². The minimum atomic E-state index is -4.55. The fraction of sp³-hybridized carbons (Fsp3) is 0.292. The van der Waals surface area contributed by atoms with Gasteiger partial charge in [0.25, 0.3) is 5.91 Å². The number of pyridine rings is 2. The number of imidazole rings is 1. The first kappa shape index (κ1) is 23.5. The van der Waals surface area contributed by atoms with Gasteiger partial charge in [-0.05, 0) is 43.2 Å². The molecule has 0 saturated carbocycles. The van der Waals surface area contributed by atoms with Crippen LogP contribution in [0, 0.1) is 6.92 Å². The summed E-state index contributed by atoms with van der Waals surface area (Å²) in [5.41, 5.74) is 1.68. The standard InChI is InChI=1S/C24H23F3N8O/c1-14-10-29-20(32-21-5-7-30-33(21)3)9-17(14)18-13-34-11-15(2)35(23(36)22(34)31-18)12-16-4-6-28-19(8-16)24(25,26)27/h4-10,13,15H,11-12H2,1-3H3,(H,29,32)/t15-/m0/s1. The van der Waals surface area contributed by atoms with Gasteiger partial charge >= 0.3 is 6.18 Å². The number of nitrogens with zero attached hydrogens (tertiary/aromatic N) is 7. The van der Waals surface area contributed by atoms with Gasteiger partial charge in [-0.2, -0.15) is 18.3 Å². The first-order valence-corrected chi connectivity index (χ1v) is 11.2. The molecule has 0 bridgehead atoms. The lowest BCUT2D eigenvalue weighted by molar-refractivity contribution is -0.141. The van der Waals surface area contributed by atoms with Crippen LogP contribution >= 0.6 is 0 Å². The van der Waals surface area contributed by atoms with Crippen molar-refractivity contribution in [1.82, 2.24) is 34.2 Å². The Bertz CT molecular complexity index is 1440. The lowest BCUT2D eigenvalue weighted by Crippen LogP contribution is -2.46. The van der Waals surface area contributed by atoms with Crippen molar-refractivity contribution in [2.75, 3.05) is 5.32 Å². The minimum Gasteiger partial charge on any atom is -0.327 e. The van der Waals surface area contributed by atoms with E-state index in [9.17, 15) is 18.0 Å². The van der Waals surface area contributed by atoms with Crippen LogP contribution in [0.5, 0.6) is 0 Å². The normalized spacial score (nSPS) is 15.8. The van der Waals surface area contributed by atoms with E-state index in [4.69, 9.17) is 0 Å². The van der Waals surface area contributed by atoms with E-state index in [-0.39, 0.29) is 24.3 Å². The van der Waals surface area contributed by atoms with E-state index < -0.39 is 11.9 Å². The molecule has 0 fully saturated rings. The smallest absolute Gasteiger partial charge is 0.327 e. The van der Waals surface area contributed by atoms with Gasteiger partial charge in [-0.15, -0.1) is 0 Å². The van der Waals surface area contributed by atoms with E-state index >= 15 is 0 Å². The van der Waals surface area contributed by atoms with Crippen molar-refractivity contribution in [3.05, 3.63) is 71.7 Å². The molecule has 0 spiro atoms. The maximum absolute atomic E-state index is 13.3. The number of aryl methyl sites for hydroxylation is 2. The highest BCUT2D eigenvalue weighted by Gasteiger charge is 2.35. The maximum atomic E-state index is 13.3. The Labute approximate surface area is 204 Å². The third kappa shape index (κ3) is 4.41. The lowest BCUT2D eigenvalue weighted by Gasteiger charge is -2.33. The Morgan fingerprint density at radius 2 is 1.97 bits per heavy atom. The minimum absolute atomic E-state index is 0.0286. The Balaban J connectivity index is 1.42. The Kier molecular flexibility index (Phi) is 5.73. The monoisotopic (exact) mass is 496 g/mol. The fourth-order valence-corrected chi connectivity index (χ4v) is 4.22. The highest BCUT2D eigenvalue weighted by molar-refractivity contribution is 5.92. The number of hydrogen-bond acceptors (Lipinski definition) is 6. The van der Waals surface area contributed by atoms with Crippen molar-refractivity contribution in [3.8, 4) is 11.3 Å². The molecule has 0 unspecified atom stereocenters. The number of hydrogen-bond donors (Lipinski definition) is 1. The molecule has 5 rings (SSSR count). The summed E-state index contributed by atoms with van der Waals surface area (Å²) in [6.45, 7) is 4.27. The van der Waals surface area contributed by atoms with Crippen LogP contribution in [0.4, 0.5) is 24.8 Å². The molecule has 0 aromatic carbocycles. The Morgan fingerprint density at radius 3 is 2.69 bits per heavy atom. The van der Waals surface area contributed by atoms with Gasteiger partial charge in [0, 0.05) is 56.4 Å². The molecule has 1 amide bonds. The summed E-state index contributed by atoms with van der Waals surface area (Å²) in [4.78, 5) is 27.3. The number of aromatic nitrogens is 6. The maximum Gasteiger partial charge on any atom is 0.433 e. The number of alkyl halides is 3. The molecule has 4 aromatic heterocycles. The largest absolute Gasteiger partial charge is 0.433 e. The molecule has 9 nitrogen and oxygen atoms in total. The van der Waals surface area contributed by atoms with Gasteiger partial charge in [0.15, 0.2) is 5.82 Å². The highest BCUT2D eigenvalue weighted by Crippen LogP contribution is 2.30. The van der Waals surface area contributed by atoms with E-state index in [0.29, 0.717) is 23.6 Å². The summed E-state index contributed by atoms with van der Waals surface area (Å²) in [6.07, 6.45) is 1.79. The molecule has 0 radical (unpaired) electrons. The lowest BCUT2D eigenvalue weighted by atomic mass is 10.1. The van der Waals surface area contributed by atoms with Gasteiger partial charge in [0.05, 0.1) is 11.9 Å². The van der Waals surface area contributed by atoms with Crippen LogP contribution < -0.4 is 5.32 Å². The van der Waals surface area contributed by atoms with E-state index in [1.165, 1.54) is 11.0 Å². The van der Waals surface area contributed by atoms with Crippen molar-refractivity contribution in [2.24, 2.45) is 7.05 Å². The summed E-state index contributed by atoms with van der Waals surface area (Å²) in [7, 11) is 1.81. The SMILES string of the molecule is Cc1cnc(Nc2ccnn2C)cc1-c1cn2c(n1)C(=O)N(Cc1ccnc(C(F)(F)F)c1)[C@@H](C)C2. The van der Waals surface area contributed by atoms with Crippen molar-refractivity contribution in [3.63, 3.8) is 0 Å². The zero-order valence-electron chi connectivity index (χ0n) is 19.8. The molecule has 12 heteroatoms. The van der Waals surface area contributed by atoms with Gasteiger partial charge < -0.3 is 14.8 Å². The number of nitrogens with one attached hydrogen (secondary N) is 1. The molecule has 36 heavy (non-hydrogen) atoms. The summed E-state index contributed by atoms with van der Waals surface area (Å²) in [5.74, 6) is 1.27. The quantitative estimate of drug-likeness (QED) is 0.445. The van der Waals surface area contributed by atoms with Crippen LogP contribution in [0.15, 0.2) is 49.1 Å². The summed E-state index contributed by atoms with van der Waals surface area (Å²) >= 11 is 0. The third-order valence-corrected chi connectivity index (χ3v) is 6.15. The number of amides is 1. The summed E-state index contributed by atoms with van der Waals surface area (Å²) < 4.78 is 42.7. The number of anilines is 2. The van der Waals surface area contributed by atoms with Crippen molar-refractivity contribution in [2.45, 2.75) is 39.2 Å². The molecule has 0 saturated heterocycles. The molecule has 1 aliphatic rings. The summed E-state index contributed by atoms with van der Waals surface area (Å²) in [5, 5.41) is 7.34. The molecule has 1 N–H and O–H groups in total. The van der Waals surface area contributed by atoms with Crippen LogP contribution in [0.3, 0.4) is 0 Å². The first-order valence-electron chi connectivity index (χ1n) is 11.2. The molecule has 0 aliphatic carbocycles. The molecule has 1 atom stereocenters. The van der Waals surface area contributed by atoms with Crippen LogP contribution in [0.25, 0.3) is 11.3 Å². The van der Waals surface area contributed by atoms with Crippen LogP contribution in [0.2, 0.25) is 0 Å². The number of carbonyl (C=O) groups is 1. The van der Waals surface area contributed by atoms with Crippen LogP contribution in [0.1, 0.15) is 34.4 Å². The van der Waals surface area contributed by atoms with E-state index in [1.54, 1.807) is 21.6 Å². The first-order chi connectivity index (χ1) is 17.1.